The Morgan fingerprint density at radius 1 is 0.319 bits per heavy atom. The lowest BCUT2D eigenvalue weighted by atomic mass is 9.55. The largest absolute Gasteiger partial charge is 0.179 e. The third-order valence-corrected chi connectivity index (χ3v) is 15.9. The Hall–Kier alpha value is -5.24. The van der Waals surface area contributed by atoms with Gasteiger partial charge in [0.2, 0.25) is 0 Å². The van der Waals surface area contributed by atoms with Gasteiger partial charge in [0.1, 0.15) is 0 Å². The van der Waals surface area contributed by atoms with Gasteiger partial charge in [-0.3, -0.25) is 0 Å². The van der Waals surface area contributed by atoms with E-state index in [0.717, 1.165) is 0 Å². The van der Waals surface area contributed by atoms with Gasteiger partial charge in [-0.15, -0.1) is 0 Å². The zero-order chi connectivity index (χ0) is 31.6. The normalized spacial score (nSPS) is 14.9. The first-order valence-corrected chi connectivity index (χ1v) is 18.7. The molecule has 0 saturated heterocycles. The van der Waals surface area contributed by atoms with Crippen molar-refractivity contribution in [1.82, 2.24) is 0 Å². The van der Waals surface area contributed by atoms with Gasteiger partial charge < -0.3 is 0 Å². The lowest BCUT2D eigenvalue weighted by molar-refractivity contribution is 0.563. The van der Waals surface area contributed by atoms with E-state index < -0.39 is 13.5 Å². The first-order chi connectivity index (χ1) is 23.1. The van der Waals surface area contributed by atoms with Crippen molar-refractivity contribution in [3.63, 3.8) is 0 Å². The van der Waals surface area contributed by atoms with Gasteiger partial charge in [0.25, 0.3) is 0 Å². The molecular weight excluding hydrogens is 581 g/mol. The van der Waals surface area contributed by atoms with Gasteiger partial charge in [-0.2, -0.15) is 0 Å². The van der Waals surface area contributed by atoms with Crippen molar-refractivity contribution in [2.75, 3.05) is 0 Å². The van der Waals surface area contributed by atoms with E-state index in [2.05, 4.69) is 196 Å². The van der Waals surface area contributed by atoms with Crippen molar-refractivity contribution in [3.05, 3.63) is 215 Å². The molecule has 47 heavy (non-hydrogen) atoms. The van der Waals surface area contributed by atoms with Crippen LogP contribution in [0, 0.1) is 0 Å². The van der Waals surface area contributed by atoms with Crippen LogP contribution in [0.25, 0.3) is 11.1 Å². The topological polar surface area (TPSA) is 0 Å². The van der Waals surface area contributed by atoms with Gasteiger partial charge in [0.05, 0.1) is 5.41 Å². The molecule has 0 aromatic heterocycles. The van der Waals surface area contributed by atoms with Crippen LogP contribution in [0.15, 0.2) is 182 Å². The van der Waals surface area contributed by atoms with Crippen molar-refractivity contribution in [2.45, 2.75) is 24.7 Å². The molecule has 2 aliphatic rings. The van der Waals surface area contributed by atoms with E-state index >= 15 is 0 Å². The van der Waals surface area contributed by atoms with Gasteiger partial charge in [-0.05, 0) is 65.3 Å². The second-order valence-corrected chi connectivity index (χ2v) is 17.4. The minimum Gasteiger partial charge on any atom is -0.0623 e. The van der Waals surface area contributed by atoms with Crippen molar-refractivity contribution in [1.29, 1.82) is 0 Å². The van der Waals surface area contributed by atoms with Gasteiger partial charge >= 0.3 is 0 Å². The predicted octanol–water partition coefficient (Wildman–Crippen LogP) is 8.07. The number of fused-ring (bicyclic) bond motifs is 9. The van der Waals surface area contributed by atoms with E-state index in [1.54, 1.807) is 0 Å². The van der Waals surface area contributed by atoms with Crippen LogP contribution in [0.4, 0.5) is 0 Å². The number of benzene rings is 7. The molecule has 0 amide bonds. The van der Waals surface area contributed by atoms with Crippen molar-refractivity contribution < 1.29 is 0 Å². The summed E-state index contributed by atoms with van der Waals surface area (Å²) >= 11 is 0. The second kappa shape index (κ2) is 10.4. The second-order valence-electron chi connectivity index (χ2n) is 13.6. The maximum absolute atomic E-state index is 2.75. The lowest BCUT2D eigenvalue weighted by Crippen LogP contribution is -2.74. The van der Waals surface area contributed by atoms with Crippen molar-refractivity contribution >= 4 is 28.8 Å². The van der Waals surface area contributed by atoms with Gasteiger partial charge in [0, 0.05) is 5.41 Å². The molecule has 0 aliphatic heterocycles. The Morgan fingerprint density at radius 2 is 0.702 bits per heavy atom. The molecule has 224 valence electrons. The first-order valence-electron chi connectivity index (χ1n) is 16.7. The van der Waals surface area contributed by atoms with Crippen LogP contribution in [0.2, 0.25) is 0 Å². The molecule has 7 aromatic carbocycles. The molecular formula is C46H36Si. The molecule has 0 unspecified atom stereocenters. The van der Waals surface area contributed by atoms with Gasteiger partial charge in [-0.25, -0.2) is 0 Å². The summed E-state index contributed by atoms with van der Waals surface area (Å²) in [6, 6.07) is 69.0. The van der Waals surface area contributed by atoms with E-state index in [-0.39, 0.29) is 5.41 Å². The summed E-state index contributed by atoms with van der Waals surface area (Å²) in [5.74, 6) is 0. The van der Waals surface area contributed by atoms with Crippen LogP contribution in [-0.2, 0) is 10.8 Å². The minimum atomic E-state index is -2.75. The zero-order valence-electron chi connectivity index (χ0n) is 26.8. The van der Waals surface area contributed by atoms with Crippen LogP contribution in [0.3, 0.4) is 0 Å². The Bertz CT molecular complexity index is 2120. The molecule has 0 atom stereocenters. The quantitative estimate of drug-likeness (QED) is 0.139. The van der Waals surface area contributed by atoms with Gasteiger partial charge in [0.15, 0.2) is 8.07 Å². The van der Waals surface area contributed by atoms with E-state index in [1.165, 1.54) is 65.3 Å². The summed E-state index contributed by atoms with van der Waals surface area (Å²) in [5.41, 5.74) is 10.5. The standard InChI is InChI=1S/C46H36Si/c1-45(2)41-28-16-17-29-43(41)46(39-26-14-12-24-37(39)38-25-13-15-27-40(38)46)44-32-36(30-31-42(44)45)47(33-18-6-3-7-19-33,34-20-8-4-9-21-34)35-22-10-5-11-23-35/h3-32H,1-2H3. The van der Waals surface area contributed by atoms with Crippen LogP contribution in [0.5, 0.6) is 0 Å². The molecule has 0 radical (unpaired) electrons. The third-order valence-electron chi connectivity index (χ3n) is 11.1. The Labute approximate surface area is 279 Å². The molecule has 0 fully saturated rings. The van der Waals surface area contributed by atoms with Crippen LogP contribution in [-0.4, -0.2) is 8.07 Å². The Kier molecular flexibility index (Phi) is 6.19. The van der Waals surface area contributed by atoms with Crippen molar-refractivity contribution in [2.24, 2.45) is 0 Å². The molecule has 0 heterocycles. The number of hydrogen-bond donors (Lipinski definition) is 0. The van der Waals surface area contributed by atoms with Crippen LogP contribution >= 0.6 is 0 Å². The summed E-state index contributed by atoms with van der Waals surface area (Å²) in [5, 5.41) is 5.61. The van der Waals surface area contributed by atoms with Crippen LogP contribution in [0.1, 0.15) is 47.2 Å². The van der Waals surface area contributed by atoms with Crippen molar-refractivity contribution in [3.8, 4) is 11.1 Å². The Balaban J connectivity index is 1.47. The lowest BCUT2D eigenvalue weighted by Gasteiger charge is -2.47. The summed E-state index contributed by atoms with van der Waals surface area (Å²) < 4.78 is 0. The summed E-state index contributed by atoms with van der Waals surface area (Å²) in [6.45, 7) is 4.83. The fourth-order valence-electron chi connectivity index (χ4n) is 9.16. The molecule has 1 heteroatoms. The van der Waals surface area contributed by atoms with E-state index in [9.17, 15) is 0 Å². The average molecular weight is 617 g/mol. The zero-order valence-corrected chi connectivity index (χ0v) is 27.8. The molecule has 1 spiro atoms. The summed E-state index contributed by atoms with van der Waals surface area (Å²) in [4.78, 5) is 0. The molecule has 0 N–H and O–H groups in total. The highest BCUT2D eigenvalue weighted by molar-refractivity contribution is 7.19. The van der Waals surface area contributed by atoms with E-state index in [1.807, 2.05) is 0 Å². The maximum atomic E-state index is 2.64. The predicted molar refractivity (Wildman–Crippen MR) is 199 cm³/mol. The minimum absolute atomic E-state index is 0.168. The highest BCUT2D eigenvalue weighted by Crippen LogP contribution is 2.61. The highest BCUT2D eigenvalue weighted by atomic mass is 28.3. The number of hydrogen-bond acceptors (Lipinski definition) is 0. The average Bonchev–Trinajstić information content (AvgIpc) is 3.44. The SMILES string of the molecule is CC1(C)c2ccccc2C2(c3ccccc3-c3ccccc32)c2cc([Si](c3ccccc3)(c3ccccc3)c3ccccc3)ccc21. The number of rotatable bonds is 4. The van der Waals surface area contributed by atoms with E-state index in [0.29, 0.717) is 0 Å². The highest BCUT2D eigenvalue weighted by Gasteiger charge is 2.54. The van der Waals surface area contributed by atoms with Crippen LogP contribution < -0.4 is 20.7 Å². The molecule has 0 saturated carbocycles. The molecule has 2 aliphatic carbocycles. The monoisotopic (exact) mass is 616 g/mol. The maximum Gasteiger partial charge on any atom is 0.179 e. The van der Waals surface area contributed by atoms with E-state index in [4.69, 9.17) is 0 Å². The third kappa shape index (κ3) is 3.69. The molecule has 0 nitrogen and oxygen atoms in total. The first kappa shape index (κ1) is 28.0. The smallest absolute Gasteiger partial charge is 0.0623 e. The summed E-state index contributed by atoms with van der Waals surface area (Å²) in [6.07, 6.45) is 0. The fourth-order valence-corrected chi connectivity index (χ4v) is 13.9. The summed E-state index contributed by atoms with van der Waals surface area (Å²) in [7, 11) is -2.75. The molecule has 7 aromatic rings. The van der Waals surface area contributed by atoms with Gasteiger partial charge in [-0.1, -0.05) is 196 Å². The molecule has 9 rings (SSSR count). The Morgan fingerprint density at radius 3 is 1.19 bits per heavy atom. The molecule has 0 bridgehead atoms. The fraction of sp³-hybridized carbons (Fsp3) is 0.0870.